The Labute approximate surface area is 116 Å². The third-order valence-electron chi connectivity index (χ3n) is 2.90. The van der Waals surface area contributed by atoms with Crippen LogP contribution >= 0.6 is 11.8 Å². The van der Waals surface area contributed by atoms with Gasteiger partial charge in [0.15, 0.2) is 0 Å². The minimum Gasteiger partial charge on any atom is -0.497 e. The zero-order valence-electron chi connectivity index (χ0n) is 10.8. The first-order chi connectivity index (χ1) is 9.17. The van der Waals surface area contributed by atoms with Crippen molar-refractivity contribution in [1.82, 2.24) is 0 Å². The summed E-state index contributed by atoms with van der Waals surface area (Å²) in [4.78, 5) is 25.4. The highest BCUT2D eigenvalue weighted by atomic mass is 32.2. The van der Waals surface area contributed by atoms with Gasteiger partial charge in [-0.25, -0.2) is 4.90 Å². The van der Waals surface area contributed by atoms with Gasteiger partial charge in [-0.1, -0.05) is 0 Å². The van der Waals surface area contributed by atoms with Crippen LogP contribution in [0.1, 0.15) is 6.42 Å². The van der Waals surface area contributed by atoms with Crippen molar-refractivity contribution < 1.29 is 20.1 Å². The van der Waals surface area contributed by atoms with Crippen LogP contribution in [-0.4, -0.2) is 36.5 Å². The summed E-state index contributed by atoms with van der Waals surface area (Å²) in [6.45, 7) is 0.755. The summed E-state index contributed by atoms with van der Waals surface area (Å²) in [6, 6.07) is 6.94. The highest BCUT2D eigenvalue weighted by Crippen LogP contribution is 2.30. The first-order valence-corrected chi connectivity index (χ1v) is 7.14. The number of benzene rings is 1. The Balaban J connectivity index is 2.14. The number of hydrogen-bond acceptors (Lipinski definition) is 4. The van der Waals surface area contributed by atoms with Crippen LogP contribution in [-0.2, 0) is 9.59 Å². The van der Waals surface area contributed by atoms with Crippen LogP contribution in [0.15, 0.2) is 24.3 Å². The monoisotopic (exact) mass is 281 g/mol. The smallest absolute Gasteiger partial charge is 0.247 e. The molecule has 1 saturated heterocycles. The predicted molar refractivity (Wildman–Crippen MR) is 74.1 cm³/mol. The fourth-order valence-electron chi connectivity index (χ4n) is 1.96. The van der Waals surface area contributed by atoms with Crippen LogP contribution in [0.25, 0.3) is 0 Å². The molecule has 1 aliphatic heterocycles. The molecular weight excluding hydrogens is 264 g/mol. The number of thioether (sulfide) groups is 1. The minimum atomic E-state index is -0.267. The molecular formula is C13H17N2O3S+. The van der Waals surface area contributed by atoms with Gasteiger partial charge >= 0.3 is 0 Å². The molecule has 0 unspecified atom stereocenters. The summed E-state index contributed by atoms with van der Waals surface area (Å²) < 4.78 is 5.06. The molecule has 0 aromatic heterocycles. The van der Waals surface area contributed by atoms with Crippen LogP contribution in [0.5, 0.6) is 5.75 Å². The number of anilines is 1. The third kappa shape index (κ3) is 2.90. The highest BCUT2D eigenvalue weighted by Gasteiger charge is 2.39. The lowest BCUT2D eigenvalue weighted by Gasteiger charge is -2.15. The molecule has 0 radical (unpaired) electrons. The average Bonchev–Trinajstić information content (AvgIpc) is 2.71. The number of rotatable bonds is 5. The van der Waals surface area contributed by atoms with E-state index in [9.17, 15) is 9.59 Å². The molecule has 0 aliphatic carbocycles. The summed E-state index contributed by atoms with van der Waals surface area (Å²) in [6.07, 6.45) is 0.273. The Bertz CT molecular complexity index is 475. The summed E-state index contributed by atoms with van der Waals surface area (Å²) in [5.41, 5.74) is 4.35. The maximum absolute atomic E-state index is 12.2. The minimum absolute atomic E-state index is 0.131. The molecule has 1 heterocycles. The first-order valence-electron chi connectivity index (χ1n) is 6.09. The second kappa shape index (κ2) is 6.08. The molecule has 1 atom stereocenters. The van der Waals surface area contributed by atoms with Crippen LogP contribution in [0.3, 0.4) is 0 Å². The lowest BCUT2D eigenvalue weighted by Crippen LogP contribution is -2.51. The summed E-state index contributed by atoms with van der Waals surface area (Å²) >= 11 is 1.50. The first kappa shape index (κ1) is 13.9. The van der Waals surface area contributed by atoms with Gasteiger partial charge in [0.05, 0.1) is 24.6 Å². The Morgan fingerprint density at radius 3 is 2.63 bits per heavy atom. The molecule has 102 valence electrons. The van der Waals surface area contributed by atoms with Gasteiger partial charge in [-0.3, -0.25) is 9.59 Å². The topological polar surface area (TPSA) is 74.2 Å². The van der Waals surface area contributed by atoms with E-state index in [1.807, 2.05) is 0 Å². The van der Waals surface area contributed by atoms with Crippen molar-refractivity contribution in [2.75, 3.05) is 24.3 Å². The van der Waals surface area contributed by atoms with Crippen LogP contribution < -0.4 is 15.4 Å². The van der Waals surface area contributed by atoms with E-state index < -0.39 is 0 Å². The number of carbonyl (C=O) groups excluding carboxylic acids is 2. The highest BCUT2D eigenvalue weighted by molar-refractivity contribution is 8.00. The standard InChI is InChI=1S/C13H16N2O3S/c1-18-10-4-2-9(3-5-10)15-12(16)8-11(13(15)17)19-7-6-14/h2-5,11H,6-8,14H2,1H3/p+1/t11-/m1/s1. The SMILES string of the molecule is COc1ccc(N2C(=O)C[C@@H](SCC[NH3+])C2=O)cc1. The number of quaternary nitrogens is 1. The maximum atomic E-state index is 12.2. The summed E-state index contributed by atoms with van der Waals surface area (Å²) in [7, 11) is 1.58. The van der Waals surface area contributed by atoms with E-state index >= 15 is 0 Å². The number of carbonyl (C=O) groups is 2. The Kier molecular flexibility index (Phi) is 4.44. The molecule has 19 heavy (non-hydrogen) atoms. The van der Waals surface area contributed by atoms with Crippen molar-refractivity contribution in [3.63, 3.8) is 0 Å². The van der Waals surface area contributed by atoms with Crippen LogP contribution in [0.2, 0.25) is 0 Å². The predicted octanol–water partition coefficient (Wildman–Crippen LogP) is 0.302. The fourth-order valence-corrected chi connectivity index (χ4v) is 2.92. The largest absolute Gasteiger partial charge is 0.497 e. The molecule has 0 saturated carbocycles. The van der Waals surface area contributed by atoms with E-state index in [0.29, 0.717) is 11.4 Å². The second-order valence-electron chi connectivity index (χ2n) is 4.18. The van der Waals surface area contributed by atoms with E-state index in [2.05, 4.69) is 5.73 Å². The maximum Gasteiger partial charge on any atom is 0.247 e. The van der Waals surface area contributed by atoms with Crippen LogP contribution in [0.4, 0.5) is 5.69 Å². The zero-order chi connectivity index (χ0) is 13.8. The Hall–Kier alpha value is -1.53. The zero-order valence-corrected chi connectivity index (χ0v) is 11.6. The van der Waals surface area contributed by atoms with Gasteiger partial charge in [0, 0.05) is 12.2 Å². The third-order valence-corrected chi connectivity index (χ3v) is 4.19. The summed E-state index contributed by atoms with van der Waals surface area (Å²) in [5, 5.41) is -0.267. The van der Waals surface area contributed by atoms with Gasteiger partial charge in [0.25, 0.3) is 0 Å². The van der Waals surface area contributed by atoms with E-state index in [0.717, 1.165) is 12.3 Å². The number of nitrogens with zero attached hydrogens (tertiary/aromatic N) is 1. The molecule has 1 aromatic carbocycles. The lowest BCUT2D eigenvalue weighted by atomic mass is 10.3. The van der Waals surface area contributed by atoms with Gasteiger partial charge in [-0.05, 0) is 24.3 Å². The second-order valence-corrected chi connectivity index (χ2v) is 5.49. The average molecular weight is 281 g/mol. The van der Waals surface area contributed by atoms with E-state index in [-0.39, 0.29) is 23.5 Å². The molecule has 2 amide bonds. The number of ether oxygens (including phenoxy) is 1. The van der Waals surface area contributed by atoms with Gasteiger partial charge in [0.2, 0.25) is 11.8 Å². The summed E-state index contributed by atoms with van der Waals surface area (Å²) in [5.74, 6) is 1.22. The molecule has 3 N–H and O–H groups in total. The molecule has 1 fully saturated rings. The Morgan fingerprint density at radius 2 is 2.05 bits per heavy atom. The molecule has 5 nitrogen and oxygen atoms in total. The number of amides is 2. The van der Waals surface area contributed by atoms with Gasteiger partial charge < -0.3 is 10.5 Å². The van der Waals surface area contributed by atoms with E-state index in [1.165, 1.54) is 16.7 Å². The number of methoxy groups -OCH3 is 1. The van der Waals surface area contributed by atoms with Crippen molar-refractivity contribution in [2.45, 2.75) is 11.7 Å². The number of imide groups is 1. The molecule has 1 aliphatic rings. The normalized spacial score (nSPS) is 19.1. The fraction of sp³-hybridized carbons (Fsp3) is 0.385. The van der Waals surface area contributed by atoms with Crippen molar-refractivity contribution >= 4 is 29.3 Å². The van der Waals surface area contributed by atoms with Crippen LogP contribution in [0, 0.1) is 0 Å². The Morgan fingerprint density at radius 1 is 1.37 bits per heavy atom. The van der Waals surface area contributed by atoms with Crippen molar-refractivity contribution in [3.8, 4) is 5.75 Å². The van der Waals surface area contributed by atoms with Crippen molar-refractivity contribution in [3.05, 3.63) is 24.3 Å². The lowest BCUT2D eigenvalue weighted by molar-refractivity contribution is -0.360. The molecule has 6 heteroatoms. The molecule has 0 spiro atoms. The molecule has 0 bridgehead atoms. The van der Waals surface area contributed by atoms with Gasteiger partial charge in [0.1, 0.15) is 5.75 Å². The van der Waals surface area contributed by atoms with E-state index in [1.54, 1.807) is 31.4 Å². The van der Waals surface area contributed by atoms with Gasteiger partial charge in [-0.2, -0.15) is 0 Å². The quantitative estimate of drug-likeness (QED) is 0.788. The molecule has 1 aromatic rings. The van der Waals surface area contributed by atoms with Crippen molar-refractivity contribution in [2.24, 2.45) is 0 Å². The van der Waals surface area contributed by atoms with E-state index in [4.69, 9.17) is 4.74 Å². The molecule has 2 rings (SSSR count). The van der Waals surface area contributed by atoms with Gasteiger partial charge in [-0.15, -0.1) is 11.8 Å². The van der Waals surface area contributed by atoms with Crippen molar-refractivity contribution in [1.29, 1.82) is 0 Å². The number of hydrogen-bond donors (Lipinski definition) is 1.